The number of nitrogens with one attached hydrogen (secondary N) is 1. The van der Waals surface area contributed by atoms with Gasteiger partial charge in [-0.05, 0) is 43.4 Å². The van der Waals surface area contributed by atoms with Crippen molar-refractivity contribution in [3.05, 3.63) is 29.6 Å². The van der Waals surface area contributed by atoms with Crippen LogP contribution in [0.1, 0.15) is 18.4 Å². The number of rotatable bonds is 5. The first kappa shape index (κ1) is 14.3. The topological polar surface area (TPSA) is 30.5 Å². The van der Waals surface area contributed by atoms with Gasteiger partial charge in [-0.3, -0.25) is 0 Å². The number of ether oxygens (including phenoxy) is 2. The summed E-state index contributed by atoms with van der Waals surface area (Å²) < 4.78 is 24.8. The van der Waals surface area contributed by atoms with Crippen molar-refractivity contribution in [3.63, 3.8) is 0 Å². The molecule has 0 spiro atoms. The predicted octanol–water partition coefficient (Wildman–Crippen LogP) is 2.39. The molecule has 106 valence electrons. The van der Waals surface area contributed by atoms with Crippen molar-refractivity contribution in [1.29, 1.82) is 0 Å². The third-order valence-electron chi connectivity index (χ3n) is 3.93. The maximum absolute atomic E-state index is 14.3. The van der Waals surface area contributed by atoms with E-state index in [9.17, 15) is 4.39 Å². The summed E-state index contributed by atoms with van der Waals surface area (Å²) in [6.45, 7) is 2.40. The first-order chi connectivity index (χ1) is 9.21. The van der Waals surface area contributed by atoms with Crippen molar-refractivity contribution in [2.45, 2.75) is 19.3 Å². The summed E-state index contributed by atoms with van der Waals surface area (Å²) in [5.74, 6) is 0.0936. The highest BCUT2D eigenvalue weighted by molar-refractivity contribution is 5.31. The van der Waals surface area contributed by atoms with Crippen LogP contribution in [0.5, 0.6) is 5.75 Å². The quantitative estimate of drug-likeness (QED) is 0.888. The Morgan fingerprint density at radius 3 is 2.74 bits per heavy atom. The standard InChI is InChI=1S/C15H22FNO2/c1-17-11-15(6-8-19-9-7-15)10-12-4-3-5-13(18-2)14(12)16/h3-5,17H,6-11H2,1-2H3. The molecule has 0 aromatic heterocycles. The van der Waals surface area contributed by atoms with E-state index >= 15 is 0 Å². The Kier molecular flexibility index (Phi) is 4.77. The summed E-state index contributed by atoms with van der Waals surface area (Å²) in [5.41, 5.74) is 0.816. The second kappa shape index (κ2) is 6.35. The molecular weight excluding hydrogens is 245 g/mol. The second-order valence-electron chi connectivity index (χ2n) is 5.25. The number of hydrogen-bond acceptors (Lipinski definition) is 3. The molecule has 0 atom stereocenters. The molecule has 1 aromatic carbocycles. The largest absolute Gasteiger partial charge is 0.494 e. The van der Waals surface area contributed by atoms with Crippen LogP contribution in [-0.2, 0) is 11.2 Å². The zero-order valence-electron chi connectivity index (χ0n) is 11.7. The first-order valence-electron chi connectivity index (χ1n) is 6.74. The van der Waals surface area contributed by atoms with E-state index in [1.54, 1.807) is 6.07 Å². The van der Waals surface area contributed by atoms with E-state index in [0.717, 1.165) is 44.6 Å². The molecule has 0 radical (unpaired) electrons. The van der Waals surface area contributed by atoms with Crippen LogP contribution in [-0.4, -0.2) is 33.9 Å². The summed E-state index contributed by atoms with van der Waals surface area (Å²) in [6, 6.07) is 5.36. The number of benzene rings is 1. The lowest BCUT2D eigenvalue weighted by molar-refractivity contribution is 0.0154. The minimum atomic E-state index is -0.230. The van der Waals surface area contributed by atoms with E-state index in [-0.39, 0.29) is 11.2 Å². The van der Waals surface area contributed by atoms with Gasteiger partial charge in [-0.2, -0.15) is 0 Å². The van der Waals surface area contributed by atoms with Crippen LogP contribution in [0.2, 0.25) is 0 Å². The summed E-state index contributed by atoms with van der Waals surface area (Å²) >= 11 is 0. The summed E-state index contributed by atoms with van der Waals surface area (Å²) in [7, 11) is 3.44. The van der Waals surface area contributed by atoms with Gasteiger partial charge >= 0.3 is 0 Å². The van der Waals surface area contributed by atoms with Crippen LogP contribution < -0.4 is 10.1 Å². The van der Waals surface area contributed by atoms with Crippen LogP contribution >= 0.6 is 0 Å². The highest BCUT2D eigenvalue weighted by Crippen LogP contribution is 2.35. The predicted molar refractivity (Wildman–Crippen MR) is 73.1 cm³/mol. The van der Waals surface area contributed by atoms with Gasteiger partial charge in [0.05, 0.1) is 7.11 Å². The fourth-order valence-corrected chi connectivity index (χ4v) is 2.85. The third kappa shape index (κ3) is 3.25. The van der Waals surface area contributed by atoms with Gasteiger partial charge < -0.3 is 14.8 Å². The van der Waals surface area contributed by atoms with Crippen LogP contribution in [0, 0.1) is 11.2 Å². The average molecular weight is 267 g/mol. The molecule has 1 N–H and O–H groups in total. The number of halogens is 1. The molecule has 1 aromatic rings. The minimum absolute atomic E-state index is 0.0835. The van der Waals surface area contributed by atoms with Crippen molar-refractivity contribution in [1.82, 2.24) is 5.32 Å². The SMILES string of the molecule is CNCC1(Cc2cccc(OC)c2F)CCOCC1. The molecule has 0 saturated carbocycles. The molecule has 1 aliphatic rings. The van der Waals surface area contributed by atoms with Crippen LogP contribution in [0.25, 0.3) is 0 Å². The molecule has 0 aliphatic carbocycles. The Bertz CT molecular complexity index is 411. The smallest absolute Gasteiger partial charge is 0.168 e. The average Bonchev–Trinajstić information content (AvgIpc) is 2.42. The molecule has 1 saturated heterocycles. The summed E-state index contributed by atoms with van der Waals surface area (Å²) in [6.07, 6.45) is 2.65. The highest BCUT2D eigenvalue weighted by Gasteiger charge is 2.33. The van der Waals surface area contributed by atoms with Gasteiger partial charge in [0.2, 0.25) is 0 Å². The van der Waals surface area contributed by atoms with Crippen LogP contribution in [0.4, 0.5) is 4.39 Å². The van der Waals surface area contributed by atoms with Gasteiger partial charge in [0.1, 0.15) is 0 Å². The van der Waals surface area contributed by atoms with E-state index in [0.29, 0.717) is 5.75 Å². The maximum Gasteiger partial charge on any atom is 0.168 e. The van der Waals surface area contributed by atoms with E-state index in [1.165, 1.54) is 7.11 Å². The van der Waals surface area contributed by atoms with Gasteiger partial charge in [0, 0.05) is 19.8 Å². The van der Waals surface area contributed by atoms with E-state index in [2.05, 4.69) is 5.32 Å². The van der Waals surface area contributed by atoms with Crippen molar-refractivity contribution < 1.29 is 13.9 Å². The molecule has 0 unspecified atom stereocenters. The highest BCUT2D eigenvalue weighted by atomic mass is 19.1. The van der Waals surface area contributed by atoms with Crippen molar-refractivity contribution in [3.8, 4) is 5.75 Å². The van der Waals surface area contributed by atoms with Gasteiger partial charge in [-0.25, -0.2) is 4.39 Å². The zero-order valence-corrected chi connectivity index (χ0v) is 11.7. The minimum Gasteiger partial charge on any atom is -0.494 e. The Morgan fingerprint density at radius 2 is 2.11 bits per heavy atom. The van der Waals surface area contributed by atoms with Gasteiger partial charge in [-0.1, -0.05) is 12.1 Å². The lowest BCUT2D eigenvalue weighted by atomic mass is 9.75. The first-order valence-corrected chi connectivity index (χ1v) is 6.74. The molecule has 3 nitrogen and oxygen atoms in total. The molecular formula is C15H22FNO2. The second-order valence-corrected chi connectivity index (χ2v) is 5.25. The summed E-state index contributed by atoms with van der Waals surface area (Å²) in [5, 5.41) is 3.24. The van der Waals surface area contributed by atoms with E-state index < -0.39 is 0 Å². The lowest BCUT2D eigenvalue weighted by Crippen LogP contribution is -2.40. The Labute approximate surface area is 114 Å². The molecule has 2 rings (SSSR count). The Hall–Kier alpha value is -1.13. The molecule has 0 bridgehead atoms. The number of methoxy groups -OCH3 is 1. The fourth-order valence-electron chi connectivity index (χ4n) is 2.85. The number of hydrogen-bond donors (Lipinski definition) is 1. The van der Waals surface area contributed by atoms with Gasteiger partial charge in [-0.15, -0.1) is 0 Å². The normalized spacial score (nSPS) is 18.3. The molecule has 0 amide bonds. The summed E-state index contributed by atoms with van der Waals surface area (Å²) in [4.78, 5) is 0. The maximum atomic E-state index is 14.3. The van der Waals surface area contributed by atoms with E-state index in [1.807, 2.05) is 19.2 Å². The fraction of sp³-hybridized carbons (Fsp3) is 0.600. The van der Waals surface area contributed by atoms with Crippen molar-refractivity contribution in [2.24, 2.45) is 5.41 Å². The molecule has 1 heterocycles. The molecule has 1 fully saturated rings. The van der Waals surface area contributed by atoms with Crippen LogP contribution in [0.3, 0.4) is 0 Å². The van der Waals surface area contributed by atoms with Crippen molar-refractivity contribution in [2.75, 3.05) is 33.9 Å². The van der Waals surface area contributed by atoms with Crippen molar-refractivity contribution >= 4 is 0 Å². The van der Waals surface area contributed by atoms with E-state index in [4.69, 9.17) is 9.47 Å². The Morgan fingerprint density at radius 1 is 1.37 bits per heavy atom. The lowest BCUT2D eigenvalue weighted by Gasteiger charge is -2.37. The monoisotopic (exact) mass is 267 g/mol. The molecule has 19 heavy (non-hydrogen) atoms. The third-order valence-corrected chi connectivity index (χ3v) is 3.93. The van der Waals surface area contributed by atoms with Gasteiger partial charge in [0.15, 0.2) is 11.6 Å². The molecule has 1 aliphatic heterocycles. The van der Waals surface area contributed by atoms with Gasteiger partial charge in [0.25, 0.3) is 0 Å². The molecule has 4 heteroatoms. The Balaban J connectivity index is 2.21. The van der Waals surface area contributed by atoms with Crippen LogP contribution in [0.15, 0.2) is 18.2 Å². The zero-order chi connectivity index (χ0) is 13.7.